The first-order valence-corrected chi connectivity index (χ1v) is 21.1. The number of fused-ring (bicyclic) bond motifs is 3. The normalized spacial score (nSPS) is 13.2. The molecule has 7 aromatic rings. The Morgan fingerprint density at radius 2 is 1.48 bits per heavy atom. The van der Waals surface area contributed by atoms with Crippen LogP contribution in [0.1, 0.15) is 129 Å². The summed E-state index contributed by atoms with van der Waals surface area (Å²) in [6.45, 7) is 24.9. The predicted octanol–water partition coefficient (Wildman–Crippen LogP) is 14.1. The Balaban J connectivity index is 0.00000567. The second-order valence-corrected chi connectivity index (χ2v) is 18.1. The molecule has 3 heterocycles. The molecule has 0 bridgehead atoms. The van der Waals surface area contributed by atoms with Gasteiger partial charge in [0.05, 0.1) is 5.69 Å². The van der Waals surface area contributed by atoms with E-state index in [2.05, 4.69) is 182 Å². The molecule has 6 heteroatoms. The van der Waals surface area contributed by atoms with Gasteiger partial charge in [-0.05, 0) is 87.9 Å². The molecule has 0 saturated heterocycles. The van der Waals surface area contributed by atoms with Crippen molar-refractivity contribution in [1.29, 1.82) is 0 Å². The summed E-state index contributed by atoms with van der Waals surface area (Å²) in [6.07, 6.45) is 7.25. The zero-order valence-corrected chi connectivity index (χ0v) is 38.6. The number of hydrogen-bond donors (Lipinski definition) is 0. The van der Waals surface area contributed by atoms with E-state index < -0.39 is 0 Å². The van der Waals surface area contributed by atoms with Crippen LogP contribution in [0.5, 0.6) is 11.5 Å². The molecule has 0 amide bonds. The predicted molar refractivity (Wildman–Crippen MR) is 239 cm³/mol. The Kier molecular flexibility index (Phi) is 12.9. The SMILES string of the molecule is CCCC(C)CC(C)c1ccc2c(c1)c1ccc(Oc3[c-]c(-n4nc(CC)c(-c5ccccc5)c4CC)cc(C(C)(C)C)c3)[c-]c1n2-c1cc(C(C)(C)C)ccn1.[Pt+2]. The van der Waals surface area contributed by atoms with E-state index in [9.17, 15) is 0 Å². The number of pyridine rings is 1. The molecule has 4 aromatic carbocycles. The molecule has 0 aliphatic rings. The van der Waals surface area contributed by atoms with Gasteiger partial charge in [-0.1, -0.05) is 137 Å². The zero-order valence-electron chi connectivity index (χ0n) is 36.4. The van der Waals surface area contributed by atoms with E-state index in [0.29, 0.717) is 23.3 Å². The van der Waals surface area contributed by atoms with Gasteiger partial charge in [-0.15, -0.1) is 41.3 Å². The van der Waals surface area contributed by atoms with Crippen LogP contribution in [0.25, 0.3) is 44.4 Å². The van der Waals surface area contributed by atoms with Crippen LogP contribution in [-0.4, -0.2) is 19.3 Å². The second kappa shape index (κ2) is 17.4. The first-order chi connectivity index (χ1) is 27.2. The molecule has 7 rings (SSSR count). The van der Waals surface area contributed by atoms with Gasteiger partial charge in [0.1, 0.15) is 5.82 Å². The molecule has 0 radical (unpaired) electrons. The van der Waals surface area contributed by atoms with E-state index >= 15 is 0 Å². The van der Waals surface area contributed by atoms with Crippen LogP contribution < -0.4 is 4.74 Å². The van der Waals surface area contributed by atoms with E-state index in [1.165, 1.54) is 52.6 Å². The summed E-state index contributed by atoms with van der Waals surface area (Å²) in [6, 6.07) is 37.9. The third-order valence-corrected chi connectivity index (χ3v) is 11.6. The van der Waals surface area contributed by atoms with Crippen LogP contribution in [-0.2, 0) is 44.7 Å². The Labute approximate surface area is 361 Å². The molecular formula is C52H60N4OPt. The van der Waals surface area contributed by atoms with Gasteiger partial charge in [0.25, 0.3) is 0 Å². The largest absolute Gasteiger partial charge is 2.00 e. The monoisotopic (exact) mass is 951 g/mol. The van der Waals surface area contributed by atoms with E-state index in [1.54, 1.807) is 0 Å². The average molecular weight is 952 g/mol. The number of nitrogens with zero attached hydrogens (tertiary/aromatic N) is 4. The maximum atomic E-state index is 6.81. The maximum absolute atomic E-state index is 6.81. The summed E-state index contributed by atoms with van der Waals surface area (Å²) in [5.74, 6) is 3.30. The van der Waals surface area contributed by atoms with Crippen LogP contribution in [0.4, 0.5) is 0 Å². The fraction of sp³-hybridized carbons (Fsp3) is 0.385. The van der Waals surface area contributed by atoms with Gasteiger partial charge in [-0.2, -0.15) is 11.2 Å². The smallest absolute Gasteiger partial charge is 0.509 e. The van der Waals surface area contributed by atoms with Crippen LogP contribution in [0, 0.1) is 18.1 Å². The average Bonchev–Trinajstić information content (AvgIpc) is 3.72. The summed E-state index contributed by atoms with van der Waals surface area (Å²) < 4.78 is 11.2. The first kappa shape index (κ1) is 43.1. The number of aromatic nitrogens is 4. The summed E-state index contributed by atoms with van der Waals surface area (Å²) in [5, 5.41) is 7.55. The van der Waals surface area contributed by atoms with Gasteiger partial charge in [0, 0.05) is 34.5 Å². The van der Waals surface area contributed by atoms with Crippen molar-refractivity contribution in [2.24, 2.45) is 5.92 Å². The topological polar surface area (TPSA) is 44.9 Å². The van der Waals surface area contributed by atoms with Crippen LogP contribution in [0.3, 0.4) is 0 Å². The van der Waals surface area contributed by atoms with Crippen LogP contribution in [0.15, 0.2) is 91.1 Å². The van der Waals surface area contributed by atoms with Crippen molar-refractivity contribution in [2.45, 2.75) is 125 Å². The summed E-state index contributed by atoms with van der Waals surface area (Å²) in [5.41, 5.74) is 11.2. The van der Waals surface area contributed by atoms with E-state index in [0.717, 1.165) is 52.0 Å². The Morgan fingerprint density at radius 1 is 0.741 bits per heavy atom. The third kappa shape index (κ3) is 8.76. The summed E-state index contributed by atoms with van der Waals surface area (Å²) in [7, 11) is 0. The molecule has 0 N–H and O–H groups in total. The minimum Gasteiger partial charge on any atom is -0.509 e. The molecule has 5 nitrogen and oxygen atoms in total. The van der Waals surface area contributed by atoms with Crippen molar-refractivity contribution in [3.8, 4) is 34.1 Å². The Hall–Kier alpha value is -4.47. The molecule has 0 fully saturated rings. The molecule has 0 saturated carbocycles. The number of hydrogen-bond acceptors (Lipinski definition) is 3. The molecule has 3 aromatic heterocycles. The van der Waals surface area contributed by atoms with Crippen molar-refractivity contribution in [3.63, 3.8) is 0 Å². The second-order valence-electron chi connectivity index (χ2n) is 18.1. The first-order valence-electron chi connectivity index (χ1n) is 21.1. The van der Waals surface area contributed by atoms with Gasteiger partial charge in [0.15, 0.2) is 0 Å². The van der Waals surface area contributed by atoms with Gasteiger partial charge in [-0.25, -0.2) is 4.98 Å². The Bertz CT molecular complexity index is 2510. The molecule has 2 unspecified atom stereocenters. The number of benzene rings is 4. The van der Waals surface area contributed by atoms with Gasteiger partial charge >= 0.3 is 21.1 Å². The van der Waals surface area contributed by atoms with E-state index in [4.69, 9.17) is 14.8 Å². The molecular weight excluding hydrogens is 892 g/mol. The molecule has 58 heavy (non-hydrogen) atoms. The van der Waals surface area contributed by atoms with Gasteiger partial charge in [-0.3, -0.25) is 4.68 Å². The Morgan fingerprint density at radius 3 is 2.16 bits per heavy atom. The minimum absolute atomic E-state index is 0. The molecule has 2 atom stereocenters. The fourth-order valence-electron chi connectivity index (χ4n) is 8.37. The zero-order chi connectivity index (χ0) is 40.6. The molecule has 0 aliphatic carbocycles. The summed E-state index contributed by atoms with van der Waals surface area (Å²) >= 11 is 0. The third-order valence-electron chi connectivity index (χ3n) is 11.6. The van der Waals surface area contributed by atoms with E-state index in [1.807, 2.05) is 6.20 Å². The minimum atomic E-state index is -0.135. The maximum Gasteiger partial charge on any atom is 2.00 e. The van der Waals surface area contributed by atoms with E-state index in [-0.39, 0.29) is 31.9 Å². The van der Waals surface area contributed by atoms with Crippen LogP contribution >= 0.6 is 0 Å². The van der Waals surface area contributed by atoms with Gasteiger partial charge in [0.2, 0.25) is 0 Å². The van der Waals surface area contributed by atoms with Crippen LogP contribution in [0.2, 0.25) is 0 Å². The molecule has 304 valence electrons. The van der Waals surface area contributed by atoms with Crippen molar-refractivity contribution in [3.05, 3.63) is 131 Å². The van der Waals surface area contributed by atoms with Crippen molar-refractivity contribution in [2.75, 3.05) is 0 Å². The van der Waals surface area contributed by atoms with Crippen molar-refractivity contribution < 1.29 is 25.8 Å². The fourth-order valence-corrected chi connectivity index (χ4v) is 8.37. The number of aryl methyl sites for hydroxylation is 1. The van der Waals surface area contributed by atoms with Gasteiger partial charge < -0.3 is 9.30 Å². The standard InChI is InChI=1S/C52H60N4O.Pt/c1-12-18-34(4)27-35(5)37-21-24-47-44(28-37)43-23-22-41(33-48(43)55(47)49-31-38(25-26-53-49)51(6,7)8)57-42-30-39(52(9,10)11)29-40(32-42)56-46(14-3)50(45(13-2)54-56)36-19-16-15-17-20-36;/h15-17,19-26,28-31,34-35H,12-14,18,27H2,1-11H3;/q-2;+2. The number of rotatable bonds is 12. The number of ether oxygens (including phenoxy) is 1. The molecule has 0 aliphatic heterocycles. The van der Waals surface area contributed by atoms with Crippen molar-refractivity contribution in [1.82, 2.24) is 19.3 Å². The molecule has 0 spiro atoms. The summed E-state index contributed by atoms with van der Waals surface area (Å²) in [4.78, 5) is 4.95. The quantitative estimate of drug-likeness (QED) is 0.115. The van der Waals surface area contributed by atoms with Crippen molar-refractivity contribution >= 4 is 21.8 Å².